The minimum atomic E-state index is -1.04. The minimum absolute atomic E-state index is 0.174. The zero-order valence-corrected chi connectivity index (χ0v) is 11.3. The van der Waals surface area contributed by atoms with Crippen molar-refractivity contribution in [2.45, 2.75) is 30.9 Å². The van der Waals surface area contributed by atoms with Gasteiger partial charge in [0.25, 0.3) is 0 Å². The van der Waals surface area contributed by atoms with Crippen LogP contribution in [-0.4, -0.2) is 41.6 Å². The van der Waals surface area contributed by atoms with Crippen molar-refractivity contribution in [3.05, 3.63) is 35.4 Å². The summed E-state index contributed by atoms with van der Waals surface area (Å²) in [6.07, 6.45) is 1.36. The molecule has 0 radical (unpaired) electrons. The van der Waals surface area contributed by atoms with Gasteiger partial charge in [0.2, 0.25) is 5.91 Å². The van der Waals surface area contributed by atoms with Gasteiger partial charge in [0, 0.05) is 7.05 Å². The highest BCUT2D eigenvalue weighted by Crippen LogP contribution is 2.41. The van der Waals surface area contributed by atoms with Crippen LogP contribution < -0.4 is 0 Å². The van der Waals surface area contributed by atoms with Crippen LogP contribution in [0.25, 0.3) is 0 Å². The van der Waals surface area contributed by atoms with E-state index in [1.54, 1.807) is 7.05 Å². The van der Waals surface area contributed by atoms with Crippen molar-refractivity contribution in [3.63, 3.8) is 0 Å². The molecule has 1 saturated carbocycles. The maximum Gasteiger partial charge on any atom is 0.335 e. The fourth-order valence-electron chi connectivity index (χ4n) is 2.73. The Hall–Kier alpha value is -1.88. The van der Waals surface area contributed by atoms with E-state index < -0.39 is 18.1 Å². The molecule has 20 heavy (non-hydrogen) atoms. The average molecular weight is 275 g/mol. The smallest absolute Gasteiger partial charge is 0.335 e. The Morgan fingerprint density at radius 2 is 2.05 bits per heavy atom. The fraction of sp³-hybridized carbons (Fsp3) is 0.467. The van der Waals surface area contributed by atoms with E-state index in [0.717, 1.165) is 5.56 Å². The van der Waals surface area contributed by atoms with Gasteiger partial charge < -0.3 is 14.7 Å². The first kappa shape index (κ1) is 13.1. The standard InChI is InChI=1S/C15H17NO4/c1-16-12(17)8-20-14(15(18)19)13(16)11-4-2-3-10(7-11)9-5-6-9/h2-4,7,9,13-14H,5-6,8H2,1H3,(H,18,19). The van der Waals surface area contributed by atoms with E-state index in [-0.39, 0.29) is 12.5 Å². The first-order valence-electron chi connectivity index (χ1n) is 6.78. The van der Waals surface area contributed by atoms with Gasteiger partial charge in [-0.15, -0.1) is 0 Å². The molecule has 0 aromatic heterocycles. The zero-order valence-electron chi connectivity index (χ0n) is 11.3. The SMILES string of the molecule is CN1C(=O)COC(C(=O)O)C1c1cccc(C2CC2)c1. The van der Waals surface area contributed by atoms with Crippen LogP contribution >= 0.6 is 0 Å². The van der Waals surface area contributed by atoms with Crippen LogP contribution in [0.3, 0.4) is 0 Å². The highest BCUT2D eigenvalue weighted by Gasteiger charge is 2.40. The number of hydrogen-bond donors (Lipinski definition) is 1. The van der Waals surface area contributed by atoms with Gasteiger partial charge in [-0.3, -0.25) is 4.79 Å². The predicted molar refractivity (Wildman–Crippen MR) is 71.3 cm³/mol. The summed E-state index contributed by atoms with van der Waals surface area (Å²) in [6.45, 7) is -0.174. The number of carboxylic acids is 1. The van der Waals surface area contributed by atoms with Gasteiger partial charge in [-0.2, -0.15) is 0 Å². The lowest BCUT2D eigenvalue weighted by Crippen LogP contribution is -2.50. The van der Waals surface area contributed by atoms with E-state index in [1.807, 2.05) is 18.2 Å². The van der Waals surface area contributed by atoms with E-state index in [0.29, 0.717) is 5.92 Å². The number of likely N-dealkylation sites (N-methyl/N-ethyl adjacent to an activating group) is 1. The Kier molecular flexibility index (Phi) is 3.22. The number of nitrogens with zero attached hydrogens (tertiary/aromatic N) is 1. The van der Waals surface area contributed by atoms with Crippen LogP contribution in [-0.2, 0) is 14.3 Å². The summed E-state index contributed by atoms with van der Waals surface area (Å²) in [5.41, 5.74) is 2.05. The predicted octanol–water partition coefficient (Wildman–Crippen LogP) is 1.55. The topological polar surface area (TPSA) is 66.8 Å². The molecular weight excluding hydrogens is 258 g/mol. The van der Waals surface area contributed by atoms with Crippen molar-refractivity contribution >= 4 is 11.9 Å². The maximum absolute atomic E-state index is 11.8. The fourth-order valence-corrected chi connectivity index (χ4v) is 2.73. The molecule has 1 heterocycles. The number of amides is 1. The van der Waals surface area contributed by atoms with Gasteiger partial charge in [0.1, 0.15) is 6.61 Å². The van der Waals surface area contributed by atoms with Crippen molar-refractivity contribution in [1.82, 2.24) is 4.90 Å². The minimum Gasteiger partial charge on any atom is -0.479 e. The molecule has 1 aliphatic carbocycles. The first-order valence-corrected chi connectivity index (χ1v) is 6.78. The van der Waals surface area contributed by atoms with Gasteiger partial charge >= 0.3 is 5.97 Å². The Balaban J connectivity index is 1.96. The third kappa shape index (κ3) is 2.29. The number of carbonyl (C=O) groups excluding carboxylic acids is 1. The van der Waals surface area contributed by atoms with E-state index in [9.17, 15) is 14.7 Å². The molecule has 106 valence electrons. The van der Waals surface area contributed by atoms with Crippen LogP contribution in [0.2, 0.25) is 0 Å². The van der Waals surface area contributed by atoms with Gasteiger partial charge in [0.05, 0.1) is 6.04 Å². The molecule has 1 aliphatic heterocycles. The summed E-state index contributed by atoms with van der Waals surface area (Å²) < 4.78 is 5.21. The molecule has 3 rings (SSSR count). The molecule has 2 aliphatic rings. The third-order valence-electron chi connectivity index (χ3n) is 4.03. The van der Waals surface area contributed by atoms with Crippen molar-refractivity contribution in [3.8, 4) is 0 Å². The highest BCUT2D eigenvalue weighted by atomic mass is 16.5. The van der Waals surface area contributed by atoms with Crippen molar-refractivity contribution in [2.24, 2.45) is 0 Å². The lowest BCUT2D eigenvalue weighted by atomic mass is 9.95. The molecule has 1 amide bonds. The monoisotopic (exact) mass is 275 g/mol. The number of rotatable bonds is 3. The van der Waals surface area contributed by atoms with Gasteiger partial charge in [0.15, 0.2) is 6.10 Å². The second kappa shape index (κ2) is 4.90. The molecule has 0 bridgehead atoms. The molecule has 0 spiro atoms. The second-order valence-corrected chi connectivity index (χ2v) is 5.46. The summed E-state index contributed by atoms with van der Waals surface area (Å²) in [5, 5.41) is 9.30. The summed E-state index contributed by atoms with van der Waals surface area (Å²) in [7, 11) is 1.63. The van der Waals surface area contributed by atoms with Crippen LogP contribution in [0.4, 0.5) is 0 Å². The lowest BCUT2D eigenvalue weighted by molar-refractivity contribution is -0.171. The Bertz CT molecular complexity index is 553. The largest absolute Gasteiger partial charge is 0.479 e. The number of carboxylic acid groups (broad SMARTS) is 1. The second-order valence-electron chi connectivity index (χ2n) is 5.46. The van der Waals surface area contributed by atoms with Crippen LogP contribution in [0, 0.1) is 0 Å². The lowest BCUT2D eigenvalue weighted by Gasteiger charge is -2.37. The quantitative estimate of drug-likeness (QED) is 0.908. The molecule has 1 aromatic carbocycles. The number of ether oxygens (including phenoxy) is 1. The summed E-state index contributed by atoms with van der Waals surface area (Å²) >= 11 is 0. The molecule has 2 atom stereocenters. The molecule has 1 N–H and O–H groups in total. The molecule has 5 heteroatoms. The van der Waals surface area contributed by atoms with Crippen molar-refractivity contribution in [2.75, 3.05) is 13.7 Å². The van der Waals surface area contributed by atoms with E-state index in [1.165, 1.54) is 23.3 Å². The van der Waals surface area contributed by atoms with Crippen LogP contribution in [0.1, 0.15) is 35.9 Å². The zero-order chi connectivity index (χ0) is 14.3. The number of carbonyl (C=O) groups is 2. The summed E-state index contributed by atoms with van der Waals surface area (Å²) in [5.74, 6) is -0.640. The molecular formula is C15H17NO4. The van der Waals surface area contributed by atoms with Crippen molar-refractivity contribution in [1.29, 1.82) is 0 Å². The van der Waals surface area contributed by atoms with Gasteiger partial charge in [-0.25, -0.2) is 4.79 Å². The molecule has 2 unspecified atom stereocenters. The van der Waals surface area contributed by atoms with E-state index in [4.69, 9.17) is 4.74 Å². The number of morpholine rings is 1. The highest BCUT2D eigenvalue weighted by molar-refractivity contribution is 5.82. The van der Waals surface area contributed by atoms with Gasteiger partial charge in [-0.05, 0) is 29.9 Å². The number of aliphatic carboxylic acids is 1. The third-order valence-corrected chi connectivity index (χ3v) is 4.03. The van der Waals surface area contributed by atoms with Crippen molar-refractivity contribution < 1.29 is 19.4 Å². The van der Waals surface area contributed by atoms with Crippen LogP contribution in [0.5, 0.6) is 0 Å². The summed E-state index contributed by atoms with van der Waals surface area (Å²) in [6, 6.07) is 7.30. The molecule has 5 nitrogen and oxygen atoms in total. The summed E-state index contributed by atoms with van der Waals surface area (Å²) in [4.78, 5) is 24.6. The average Bonchev–Trinajstić information content (AvgIpc) is 3.26. The van der Waals surface area contributed by atoms with Crippen LogP contribution in [0.15, 0.2) is 24.3 Å². The van der Waals surface area contributed by atoms with E-state index in [2.05, 4.69) is 6.07 Å². The number of hydrogen-bond acceptors (Lipinski definition) is 3. The Morgan fingerprint density at radius 1 is 1.35 bits per heavy atom. The van der Waals surface area contributed by atoms with E-state index >= 15 is 0 Å². The number of benzene rings is 1. The first-order chi connectivity index (χ1) is 9.58. The Morgan fingerprint density at radius 3 is 2.70 bits per heavy atom. The van der Waals surface area contributed by atoms with Gasteiger partial charge in [-0.1, -0.05) is 24.3 Å². The molecule has 1 aromatic rings. The maximum atomic E-state index is 11.8. The normalized spacial score (nSPS) is 26.6. The Labute approximate surface area is 117 Å². The molecule has 1 saturated heterocycles. The molecule has 2 fully saturated rings.